The van der Waals surface area contributed by atoms with Crippen molar-refractivity contribution in [1.29, 1.82) is 0 Å². The van der Waals surface area contributed by atoms with Gasteiger partial charge in [0.15, 0.2) is 0 Å². The lowest BCUT2D eigenvalue weighted by atomic mass is 11.2. The number of hydrogen-bond acceptors (Lipinski definition) is 3. The zero-order chi connectivity index (χ0) is 3.54. The summed E-state index contributed by atoms with van der Waals surface area (Å²) >= 11 is 0. The molecule has 0 bridgehead atoms. The molecule has 0 aromatic heterocycles. The summed E-state index contributed by atoms with van der Waals surface area (Å²) in [6.45, 7) is 0.708. The average Bonchev–Trinajstić information content (AvgIpc) is 1.76. The first kappa shape index (κ1) is 5.39. The van der Waals surface area contributed by atoms with Gasteiger partial charge in [0.2, 0.25) is 0 Å². The SMILES string of the molecule is C1=NCNN1.O. The number of nitrogens with zero attached hydrogens (tertiary/aromatic N) is 1. The van der Waals surface area contributed by atoms with Gasteiger partial charge < -0.3 is 10.9 Å². The molecule has 1 aliphatic rings. The second-order valence-corrected chi connectivity index (χ2v) is 0.791. The first-order valence-electron chi connectivity index (χ1n) is 1.47. The third kappa shape index (κ3) is 1.00. The van der Waals surface area contributed by atoms with Crippen LogP contribution in [0.4, 0.5) is 0 Å². The van der Waals surface area contributed by atoms with Crippen LogP contribution in [0.1, 0.15) is 0 Å². The summed E-state index contributed by atoms with van der Waals surface area (Å²) in [5.41, 5.74) is 5.43. The predicted octanol–water partition coefficient (Wildman–Crippen LogP) is -1.74. The monoisotopic (exact) mass is 89.1 g/mol. The van der Waals surface area contributed by atoms with Gasteiger partial charge in [0, 0.05) is 0 Å². The van der Waals surface area contributed by atoms with Gasteiger partial charge in [-0.3, -0.25) is 4.99 Å². The normalized spacial score (nSPS) is 16.0. The first-order chi connectivity index (χ1) is 2.50. The molecule has 0 aromatic rings. The molecule has 0 radical (unpaired) electrons. The molecule has 0 amide bonds. The summed E-state index contributed by atoms with van der Waals surface area (Å²) in [5.74, 6) is 0. The van der Waals surface area contributed by atoms with Crippen LogP contribution in [0.2, 0.25) is 0 Å². The zero-order valence-corrected chi connectivity index (χ0v) is 3.23. The van der Waals surface area contributed by atoms with Crippen LogP contribution >= 0.6 is 0 Å². The highest BCUT2D eigenvalue weighted by atomic mass is 16.0. The van der Waals surface area contributed by atoms with Crippen LogP contribution in [0.15, 0.2) is 4.99 Å². The lowest BCUT2D eigenvalue weighted by Crippen LogP contribution is -2.22. The van der Waals surface area contributed by atoms with Crippen molar-refractivity contribution < 1.29 is 5.48 Å². The standard InChI is InChI=1S/C2H5N3.H2O/c1-3-2-5-4-1;/h1,5H,2H2,(H,3,4);1H2. The molecule has 0 atom stereocenters. The maximum Gasteiger partial charge on any atom is 0.107 e. The minimum absolute atomic E-state index is 0. The van der Waals surface area contributed by atoms with Crippen molar-refractivity contribution >= 4 is 6.34 Å². The molecule has 0 unspecified atom stereocenters. The van der Waals surface area contributed by atoms with E-state index >= 15 is 0 Å². The minimum Gasteiger partial charge on any atom is -0.412 e. The van der Waals surface area contributed by atoms with Crippen LogP contribution in [0.3, 0.4) is 0 Å². The number of nitrogens with one attached hydrogen (secondary N) is 2. The van der Waals surface area contributed by atoms with E-state index in [0.717, 1.165) is 0 Å². The van der Waals surface area contributed by atoms with Gasteiger partial charge in [0.1, 0.15) is 6.67 Å². The maximum absolute atomic E-state index is 3.74. The number of hydrogen-bond donors (Lipinski definition) is 2. The van der Waals surface area contributed by atoms with E-state index in [1.54, 1.807) is 6.34 Å². The van der Waals surface area contributed by atoms with Gasteiger partial charge in [0.25, 0.3) is 0 Å². The van der Waals surface area contributed by atoms with Crippen LogP contribution in [0, 0.1) is 0 Å². The fourth-order valence-electron chi connectivity index (χ4n) is 0.228. The van der Waals surface area contributed by atoms with Crippen LogP contribution in [0.25, 0.3) is 0 Å². The largest absolute Gasteiger partial charge is 0.412 e. The molecular weight excluding hydrogens is 82.0 g/mol. The summed E-state index contributed by atoms with van der Waals surface area (Å²) in [4.78, 5) is 3.74. The molecule has 0 fully saturated rings. The van der Waals surface area contributed by atoms with Crippen LogP contribution in [-0.2, 0) is 0 Å². The van der Waals surface area contributed by atoms with Crippen molar-refractivity contribution in [1.82, 2.24) is 10.9 Å². The fraction of sp³-hybridized carbons (Fsp3) is 0.500. The van der Waals surface area contributed by atoms with Crippen LogP contribution < -0.4 is 10.9 Å². The third-order valence-corrected chi connectivity index (χ3v) is 0.428. The van der Waals surface area contributed by atoms with E-state index in [1.165, 1.54) is 0 Å². The van der Waals surface area contributed by atoms with E-state index in [9.17, 15) is 0 Å². The Bertz CT molecular complexity index is 46.8. The Morgan fingerprint density at radius 1 is 1.67 bits per heavy atom. The molecular formula is C2H7N3O. The van der Waals surface area contributed by atoms with E-state index in [1.807, 2.05) is 0 Å². The lowest BCUT2D eigenvalue weighted by molar-refractivity contribution is 0.731. The number of rotatable bonds is 0. The van der Waals surface area contributed by atoms with E-state index < -0.39 is 0 Å². The quantitative estimate of drug-likeness (QED) is 0.369. The van der Waals surface area contributed by atoms with Gasteiger partial charge >= 0.3 is 0 Å². The second kappa shape index (κ2) is 2.62. The molecule has 1 heterocycles. The van der Waals surface area contributed by atoms with Crippen molar-refractivity contribution in [3.05, 3.63) is 0 Å². The lowest BCUT2D eigenvalue weighted by Gasteiger charge is -1.80. The highest BCUT2D eigenvalue weighted by Crippen LogP contribution is 1.59. The molecule has 0 aromatic carbocycles. The Labute approximate surface area is 35.5 Å². The molecule has 6 heavy (non-hydrogen) atoms. The van der Waals surface area contributed by atoms with Gasteiger partial charge in [-0.2, -0.15) is 0 Å². The molecule has 4 heteroatoms. The van der Waals surface area contributed by atoms with Crippen molar-refractivity contribution in [3.8, 4) is 0 Å². The van der Waals surface area contributed by atoms with E-state index in [4.69, 9.17) is 0 Å². The summed E-state index contributed by atoms with van der Waals surface area (Å²) in [5, 5.41) is 0. The summed E-state index contributed by atoms with van der Waals surface area (Å²) in [6.07, 6.45) is 1.62. The highest BCUT2D eigenvalue weighted by molar-refractivity contribution is 5.54. The second-order valence-electron chi connectivity index (χ2n) is 0.791. The molecule has 0 saturated heterocycles. The first-order valence-corrected chi connectivity index (χ1v) is 1.47. The van der Waals surface area contributed by atoms with Gasteiger partial charge in [-0.05, 0) is 0 Å². The highest BCUT2D eigenvalue weighted by Gasteiger charge is 1.79. The Morgan fingerprint density at radius 3 is 2.67 bits per heavy atom. The van der Waals surface area contributed by atoms with E-state index in [-0.39, 0.29) is 5.48 Å². The van der Waals surface area contributed by atoms with Crippen LogP contribution in [0.5, 0.6) is 0 Å². The molecule has 0 spiro atoms. The molecule has 4 nitrogen and oxygen atoms in total. The topological polar surface area (TPSA) is 67.9 Å². The molecule has 0 aliphatic carbocycles. The molecule has 1 aliphatic heterocycles. The van der Waals surface area contributed by atoms with E-state index in [0.29, 0.717) is 6.67 Å². The van der Waals surface area contributed by atoms with Gasteiger partial charge in [0.05, 0.1) is 6.34 Å². The predicted molar refractivity (Wildman–Crippen MR) is 23.2 cm³/mol. The minimum atomic E-state index is 0. The summed E-state index contributed by atoms with van der Waals surface area (Å²) in [7, 11) is 0. The van der Waals surface area contributed by atoms with Crippen molar-refractivity contribution in [2.24, 2.45) is 4.99 Å². The fourth-order valence-corrected chi connectivity index (χ4v) is 0.228. The average molecular weight is 89.1 g/mol. The van der Waals surface area contributed by atoms with Crippen molar-refractivity contribution in [3.63, 3.8) is 0 Å². The smallest absolute Gasteiger partial charge is 0.107 e. The Balaban J connectivity index is 0.000000250. The van der Waals surface area contributed by atoms with Gasteiger partial charge in [-0.15, -0.1) is 0 Å². The van der Waals surface area contributed by atoms with Crippen molar-refractivity contribution in [2.75, 3.05) is 6.67 Å². The van der Waals surface area contributed by atoms with E-state index in [2.05, 4.69) is 15.8 Å². The molecule has 1 rings (SSSR count). The summed E-state index contributed by atoms with van der Waals surface area (Å²) < 4.78 is 0. The van der Waals surface area contributed by atoms with Gasteiger partial charge in [-0.25, -0.2) is 5.43 Å². The van der Waals surface area contributed by atoms with Gasteiger partial charge in [-0.1, -0.05) is 0 Å². The molecule has 36 valence electrons. The van der Waals surface area contributed by atoms with Crippen molar-refractivity contribution in [2.45, 2.75) is 0 Å². The number of hydrazine groups is 1. The Morgan fingerprint density at radius 2 is 2.50 bits per heavy atom. The third-order valence-electron chi connectivity index (χ3n) is 0.428. The molecule has 0 saturated carbocycles. The Kier molecular flexibility index (Phi) is 2.35. The number of aliphatic imine (C=N–C) groups is 1. The molecule has 4 N–H and O–H groups in total. The zero-order valence-electron chi connectivity index (χ0n) is 3.23. The summed E-state index contributed by atoms with van der Waals surface area (Å²) in [6, 6.07) is 0. The van der Waals surface area contributed by atoms with Crippen LogP contribution in [-0.4, -0.2) is 18.5 Å². The Hall–Kier alpha value is -0.610. The maximum atomic E-state index is 3.74.